The van der Waals surface area contributed by atoms with Gasteiger partial charge in [-0.1, -0.05) is 35.9 Å². The number of anilines is 1. The lowest BCUT2D eigenvalue weighted by atomic mass is 10.1. The van der Waals surface area contributed by atoms with Crippen molar-refractivity contribution in [3.05, 3.63) is 82.9 Å². The van der Waals surface area contributed by atoms with E-state index in [1.165, 1.54) is 24.3 Å². The fourth-order valence-electron chi connectivity index (χ4n) is 3.61. The highest BCUT2D eigenvalue weighted by Gasteiger charge is 2.29. The Labute approximate surface area is 209 Å². The Morgan fingerprint density at radius 1 is 0.971 bits per heavy atom. The van der Waals surface area contributed by atoms with E-state index >= 15 is 0 Å². The highest BCUT2D eigenvalue weighted by molar-refractivity contribution is 7.91. The van der Waals surface area contributed by atoms with Gasteiger partial charge in [0.1, 0.15) is 0 Å². The predicted octanol–water partition coefficient (Wildman–Crippen LogP) is 5.81. The second-order valence-electron chi connectivity index (χ2n) is 7.79. The highest BCUT2D eigenvalue weighted by Crippen LogP contribution is 2.34. The summed E-state index contributed by atoms with van der Waals surface area (Å²) in [6, 6.07) is 19.1. The highest BCUT2D eigenvalue weighted by atomic mass is 35.5. The first-order chi connectivity index (χ1) is 16.8. The molecule has 0 aliphatic carbocycles. The summed E-state index contributed by atoms with van der Waals surface area (Å²) in [5, 5.41) is 3.39. The van der Waals surface area contributed by atoms with Gasteiger partial charge in [-0.25, -0.2) is 8.42 Å². The zero-order valence-corrected chi connectivity index (χ0v) is 21.1. The molecule has 1 heterocycles. The third kappa shape index (κ3) is 5.28. The summed E-state index contributed by atoms with van der Waals surface area (Å²) in [7, 11) is -0.804. The molecule has 3 aromatic carbocycles. The second kappa shape index (κ2) is 10.4. The lowest BCUT2D eigenvalue weighted by Gasteiger charge is -2.10. The number of methoxy groups -OCH3 is 2. The van der Waals surface area contributed by atoms with Gasteiger partial charge in [0, 0.05) is 17.1 Å². The maximum atomic E-state index is 13.4. The Balaban J connectivity index is 1.66. The lowest BCUT2D eigenvalue weighted by molar-refractivity contribution is 0.354. The molecule has 4 rings (SSSR count). The van der Waals surface area contributed by atoms with Crippen LogP contribution in [0.25, 0.3) is 11.5 Å². The number of nitrogens with zero attached hydrogens (tertiary/aromatic N) is 1. The normalized spacial score (nSPS) is 11.3. The lowest BCUT2D eigenvalue weighted by Crippen LogP contribution is -2.10. The number of hydrogen-bond donors (Lipinski definition) is 1. The largest absolute Gasteiger partial charge is 0.493 e. The minimum absolute atomic E-state index is 0.0782. The van der Waals surface area contributed by atoms with Gasteiger partial charge >= 0.3 is 0 Å². The molecule has 0 fully saturated rings. The zero-order valence-electron chi connectivity index (χ0n) is 19.5. The maximum absolute atomic E-state index is 13.4. The van der Waals surface area contributed by atoms with Crippen LogP contribution < -0.4 is 14.8 Å². The first kappa shape index (κ1) is 24.6. The van der Waals surface area contributed by atoms with E-state index in [1.807, 2.05) is 49.4 Å². The van der Waals surface area contributed by atoms with Gasteiger partial charge in [0.25, 0.3) is 0 Å². The molecule has 0 aliphatic heterocycles. The Hall–Kier alpha value is -3.49. The van der Waals surface area contributed by atoms with Crippen LogP contribution in [-0.4, -0.2) is 34.2 Å². The van der Waals surface area contributed by atoms with Crippen LogP contribution in [0.15, 0.2) is 81.1 Å². The number of nitrogens with one attached hydrogen (secondary N) is 1. The molecule has 1 aromatic heterocycles. The predicted molar refractivity (Wildman–Crippen MR) is 135 cm³/mol. The summed E-state index contributed by atoms with van der Waals surface area (Å²) in [6.07, 6.45) is 0.585. The van der Waals surface area contributed by atoms with Crippen LogP contribution in [0.3, 0.4) is 0 Å². The molecule has 35 heavy (non-hydrogen) atoms. The first-order valence-corrected chi connectivity index (χ1v) is 12.7. The third-order valence-electron chi connectivity index (χ3n) is 5.50. The molecule has 0 bridgehead atoms. The molecule has 0 amide bonds. The number of aromatic nitrogens is 1. The van der Waals surface area contributed by atoms with Crippen LogP contribution in [0, 0.1) is 6.92 Å². The molecular formula is C26H25ClN2O5S. The van der Waals surface area contributed by atoms with Gasteiger partial charge in [-0.2, -0.15) is 4.98 Å². The van der Waals surface area contributed by atoms with Crippen molar-refractivity contribution >= 4 is 27.3 Å². The monoisotopic (exact) mass is 512 g/mol. The van der Waals surface area contributed by atoms with E-state index in [0.29, 0.717) is 35.1 Å². The van der Waals surface area contributed by atoms with E-state index in [-0.39, 0.29) is 21.7 Å². The molecule has 1 N–H and O–H groups in total. The van der Waals surface area contributed by atoms with Crippen molar-refractivity contribution in [2.75, 3.05) is 26.1 Å². The van der Waals surface area contributed by atoms with Crippen LogP contribution in [0.1, 0.15) is 11.1 Å². The Kier molecular flexibility index (Phi) is 7.33. The van der Waals surface area contributed by atoms with Gasteiger partial charge in [0.15, 0.2) is 11.5 Å². The van der Waals surface area contributed by atoms with Crippen molar-refractivity contribution in [1.29, 1.82) is 0 Å². The van der Waals surface area contributed by atoms with Gasteiger partial charge in [-0.05, 0) is 66.9 Å². The fraction of sp³-hybridized carbons (Fsp3) is 0.192. The molecule has 0 unspecified atom stereocenters. The molecule has 182 valence electrons. The number of rotatable bonds is 9. The average molecular weight is 513 g/mol. The Morgan fingerprint density at radius 3 is 2.37 bits per heavy atom. The Bertz CT molecular complexity index is 1430. The van der Waals surface area contributed by atoms with E-state index in [4.69, 9.17) is 25.5 Å². The van der Waals surface area contributed by atoms with Crippen LogP contribution in [0.5, 0.6) is 11.5 Å². The molecule has 9 heteroatoms. The third-order valence-corrected chi connectivity index (χ3v) is 7.43. The van der Waals surface area contributed by atoms with Gasteiger partial charge in [-0.3, -0.25) is 0 Å². The van der Waals surface area contributed by atoms with E-state index in [9.17, 15) is 8.42 Å². The van der Waals surface area contributed by atoms with Crippen molar-refractivity contribution in [3.63, 3.8) is 0 Å². The number of sulfone groups is 1. The summed E-state index contributed by atoms with van der Waals surface area (Å²) in [4.78, 5) is 4.48. The minimum atomic E-state index is -3.96. The van der Waals surface area contributed by atoms with Crippen molar-refractivity contribution < 1.29 is 22.3 Å². The van der Waals surface area contributed by atoms with E-state index in [1.54, 1.807) is 14.2 Å². The van der Waals surface area contributed by atoms with E-state index < -0.39 is 9.84 Å². The quantitative estimate of drug-likeness (QED) is 0.302. The first-order valence-electron chi connectivity index (χ1n) is 10.9. The summed E-state index contributed by atoms with van der Waals surface area (Å²) < 4.78 is 43.5. The van der Waals surface area contributed by atoms with Crippen molar-refractivity contribution in [2.45, 2.75) is 23.3 Å². The van der Waals surface area contributed by atoms with Gasteiger partial charge < -0.3 is 19.2 Å². The molecule has 0 spiro atoms. The van der Waals surface area contributed by atoms with Crippen molar-refractivity contribution in [2.24, 2.45) is 0 Å². The van der Waals surface area contributed by atoms with Gasteiger partial charge in [0.05, 0.1) is 19.1 Å². The van der Waals surface area contributed by atoms with Crippen LogP contribution in [0.4, 0.5) is 5.88 Å². The number of benzene rings is 3. The molecule has 7 nitrogen and oxygen atoms in total. The number of oxazole rings is 1. The van der Waals surface area contributed by atoms with Gasteiger partial charge in [-0.15, -0.1) is 0 Å². The fourth-order valence-corrected chi connectivity index (χ4v) is 5.01. The van der Waals surface area contributed by atoms with E-state index in [2.05, 4.69) is 10.3 Å². The Morgan fingerprint density at radius 2 is 1.69 bits per heavy atom. The number of ether oxygens (including phenoxy) is 2. The van der Waals surface area contributed by atoms with Crippen molar-refractivity contribution in [3.8, 4) is 23.0 Å². The van der Waals surface area contributed by atoms with Crippen LogP contribution in [-0.2, 0) is 16.3 Å². The second-order valence-corrected chi connectivity index (χ2v) is 10.1. The topological polar surface area (TPSA) is 90.7 Å². The molecule has 0 saturated heterocycles. The molecule has 4 aromatic rings. The summed E-state index contributed by atoms with van der Waals surface area (Å²) in [6.45, 7) is 2.32. The SMILES string of the molecule is COc1ccc(CCNc2oc(-c3ccccc3C)nc2S(=O)(=O)c2ccc(Cl)cc2)cc1OC. The zero-order chi connectivity index (χ0) is 25.0. The van der Waals surface area contributed by atoms with Crippen LogP contribution in [0.2, 0.25) is 5.02 Å². The summed E-state index contributed by atoms with van der Waals surface area (Å²) in [5.41, 5.74) is 2.62. The summed E-state index contributed by atoms with van der Waals surface area (Å²) in [5.74, 6) is 1.57. The number of aryl methyl sites for hydroxylation is 1. The number of halogens is 1. The standard InChI is InChI=1S/C26H25ClN2O5S/c1-17-6-4-5-7-21(17)24-29-26(35(30,31)20-11-9-19(27)10-12-20)25(34-24)28-15-14-18-8-13-22(32-2)23(16-18)33-3/h4-13,16,28H,14-15H2,1-3H3. The van der Waals surface area contributed by atoms with E-state index in [0.717, 1.165) is 11.1 Å². The molecule has 0 atom stereocenters. The summed E-state index contributed by atoms with van der Waals surface area (Å²) >= 11 is 5.95. The average Bonchev–Trinajstić information content (AvgIpc) is 3.29. The minimum Gasteiger partial charge on any atom is -0.493 e. The molecule has 0 radical (unpaired) electrons. The smallest absolute Gasteiger partial charge is 0.233 e. The van der Waals surface area contributed by atoms with Gasteiger partial charge in [0.2, 0.25) is 26.6 Å². The maximum Gasteiger partial charge on any atom is 0.233 e. The van der Waals surface area contributed by atoms with Crippen molar-refractivity contribution in [1.82, 2.24) is 4.98 Å². The molecule has 0 aliphatic rings. The molecule has 0 saturated carbocycles. The molecular weight excluding hydrogens is 488 g/mol. The number of hydrogen-bond acceptors (Lipinski definition) is 7. The van der Waals surface area contributed by atoms with Crippen LogP contribution >= 0.6 is 11.6 Å².